The number of amides is 1. The van der Waals surface area contributed by atoms with Gasteiger partial charge in [-0.05, 0) is 70.0 Å². The lowest BCUT2D eigenvalue weighted by molar-refractivity contribution is 0.0201. The van der Waals surface area contributed by atoms with Crippen LogP contribution < -0.4 is 10.2 Å². The van der Waals surface area contributed by atoms with E-state index in [0.29, 0.717) is 36.0 Å². The van der Waals surface area contributed by atoms with Crippen molar-refractivity contribution in [3.8, 4) is 11.3 Å². The number of carbonyl (C=O) groups is 1. The van der Waals surface area contributed by atoms with Crippen LogP contribution in [0.5, 0.6) is 0 Å². The van der Waals surface area contributed by atoms with Crippen molar-refractivity contribution in [2.45, 2.75) is 70.9 Å². The van der Waals surface area contributed by atoms with E-state index in [1.54, 1.807) is 23.5 Å². The van der Waals surface area contributed by atoms with Crippen LogP contribution >= 0.6 is 0 Å². The zero-order valence-corrected chi connectivity index (χ0v) is 28.2. The van der Waals surface area contributed by atoms with E-state index >= 15 is 0 Å². The van der Waals surface area contributed by atoms with Crippen LogP contribution in [0.1, 0.15) is 44.9 Å². The topological polar surface area (TPSA) is 117 Å². The van der Waals surface area contributed by atoms with Gasteiger partial charge in [-0.1, -0.05) is 25.7 Å². The quantitative estimate of drug-likeness (QED) is 0.108. The number of ether oxygens (including phenoxy) is 2. The smallest absolute Gasteiger partial charge is 0.410 e. The highest BCUT2D eigenvalue weighted by Crippen LogP contribution is 2.27. The van der Waals surface area contributed by atoms with Gasteiger partial charge in [0.15, 0.2) is 0 Å². The van der Waals surface area contributed by atoms with Crippen LogP contribution in [0.2, 0.25) is 25.7 Å². The lowest BCUT2D eigenvalue weighted by Crippen LogP contribution is -2.47. The Morgan fingerprint density at radius 3 is 2.55 bits per heavy atom. The fourth-order valence-electron chi connectivity index (χ4n) is 4.90. The van der Waals surface area contributed by atoms with Gasteiger partial charge in [0.1, 0.15) is 18.1 Å². The van der Waals surface area contributed by atoms with Gasteiger partial charge in [-0.3, -0.25) is 15.4 Å². The van der Waals surface area contributed by atoms with Crippen LogP contribution in [-0.2, 0) is 9.47 Å². The van der Waals surface area contributed by atoms with Crippen LogP contribution in [0.25, 0.3) is 11.3 Å². The molecule has 1 aliphatic rings. The van der Waals surface area contributed by atoms with Crippen LogP contribution in [0.4, 0.5) is 16.3 Å². The first-order valence-electron chi connectivity index (χ1n) is 15.3. The monoisotopic (exact) mass is 617 g/mol. The van der Waals surface area contributed by atoms with Crippen molar-refractivity contribution < 1.29 is 14.3 Å². The van der Waals surface area contributed by atoms with Crippen molar-refractivity contribution >= 4 is 31.4 Å². The van der Waals surface area contributed by atoms with E-state index in [1.807, 2.05) is 64.2 Å². The molecular formula is C33H47N7O3Si. The highest BCUT2D eigenvalue weighted by atomic mass is 28.3. The summed E-state index contributed by atoms with van der Waals surface area (Å²) < 4.78 is 11.5. The molecule has 2 N–H and O–H groups in total. The minimum atomic E-state index is -1.19. The third-order valence-corrected chi connectivity index (χ3v) is 9.20. The molecule has 1 fully saturated rings. The SMILES string of the molecule is CN(C(=O)OC(C)(C)C)C1CCN(c2cccc(C(=N)c3cc(-c4cccnc4)ncc3NCOCC[Si](C)(C)C)n2)CC1. The maximum Gasteiger partial charge on any atom is 0.410 e. The van der Waals surface area contributed by atoms with E-state index in [-0.39, 0.29) is 12.1 Å². The Balaban J connectivity index is 1.49. The Kier molecular flexibility index (Phi) is 10.7. The normalized spacial score (nSPS) is 14.3. The highest BCUT2D eigenvalue weighted by Gasteiger charge is 2.29. The predicted octanol–water partition coefficient (Wildman–Crippen LogP) is 6.51. The van der Waals surface area contributed by atoms with Crippen LogP contribution in [0.15, 0.2) is 55.0 Å². The molecule has 1 amide bonds. The number of nitrogens with zero attached hydrogens (tertiary/aromatic N) is 5. The van der Waals surface area contributed by atoms with E-state index in [4.69, 9.17) is 14.5 Å². The van der Waals surface area contributed by atoms with E-state index < -0.39 is 13.7 Å². The van der Waals surface area contributed by atoms with E-state index in [2.05, 4.69) is 39.8 Å². The molecule has 1 saturated heterocycles. The molecule has 4 rings (SSSR count). The van der Waals surface area contributed by atoms with Gasteiger partial charge in [-0.2, -0.15) is 0 Å². The van der Waals surface area contributed by atoms with Gasteiger partial charge in [0, 0.05) is 64.4 Å². The standard InChI is InChI=1S/C33H47N7O3Si/c1-33(2,3)43-32(41)39(4)25-13-16-40(17-14-25)30-12-8-11-27(38-30)31(34)26-20-28(24-10-9-15-35-21-24)36-22-29(26)37-23-42-18-19-44(5,6)7/h8-12,15,20-22,25,34,37H,13-14,16-19,23H2,1-7H3. The molecular weight excluding hydrogens is 570 g/mol. The first-order valence-corrected chi connectivity index (χ1v) is 19.0. The van der Waals surface area contributed by atoms with Crippen molar-refractivity contribution in [2.24, 2.45) is 0 Å². The molecule has 4 heterocycles. The highest BCUT2D eigenvalue weighted by molar-refractivity contribution is 6.76. The van der Waals surface area contributed by atoms with Crippen molar-refractivity contribution in [3.63, 3.8) is 0 Å². The number of carbonyl (C=O) groups excluding carboxylic acids is 1. The van der Waals surface area contributed by atoms with Gasteiger partial charge in [0.25, 0.3) is 0 Å². The number of piperidine rings is 1. The van der Waals surface area contributed by atoms with Gasteiger partial charge >= 0.3 is 6.09 Å². The fraction of sp³-hybridized carbons (Fsp3) is 0.485. The Bertz CT molecular complexity index is 1410. The maximum atomic E-state index is 12.6. The van der Waals surface area contributed by atoms with Crippen LogP contribution in [-0.4, -0.2) is 84.8 Å². The average molecular weight is 618 g/mol. The summed E-state index contributed by atoms with van der Waals surface area (Å²) in [6, 6.07) is 12.7. The number of hydrogen-bond donors (Lipinski definition) is 2. The molecule has 0 spiro atoms. The third-order valence-electron chi connectivity index (χ3n) is 7.50. The Labute approximate surface area is 262 Å². The molecule has 0 aliphatic carbocycles. The van der Waals surface area contributed by atoms with Gasteiger partial charge in [-0.25, -0.2) is 9.78 Å². The first-order chi connectivity index (χ1) is 20.8. The molecule has 0 radical (unpaired) electrons. The van der Waals surface area contributed by atoms with Gasteiger partial charge in [0.05, 0.1) is 29.0 Å². The number of anilines is 2. The number of pyridine rings is 3. The summed E-state index contributed by atoms with van der Waals surface area (Å²) in [6.45, 7) is 15.2. The molecule has 1 aliphatic heterocycles. The van der Waals surface area contributed by atoms with Crippen LogP contribution in [0, 0.1) is 5.41 Å². The predicted molar refractivity (Wildman–Crippen MR) is 179 cm³/mol. The first kappa shape index (κ1) is 33.1. The van der Waals surface area contributed by atoms with Crippen molar-refractivity contribution in [1.29, 1.82) is 5.41 Å². The summed E-state index contributed by atoms with van der Waals surface area (Å²) in [4.78, 5) is 30.3. The van der Waals surface area contributed by atoms with E-state index in [0.717, 1.165) is 49.1 Å². The third kappa shape index (κ3) is 9.33. The molecule has 0 aromatic carbocycles. The summed E-state index contributed by atoms with van der Waals surface area (Å²) in [5.74, 6) is 0.816. The summed E-state index contributed by atoms with van der Waals surface area (Å²) in [5.41, 5.74) is 3.36. The lowest BCUT2D eigenvalue weighted by Gasteiger charge is -2.37. The van der Waals surface area contributed by atoms with Gasteiger partial charge in [0.2, 0.25) is 0 Å². The van der Waals surface area contributed by atoms with Crippen molar-refractivity contribution in [3.05, 3.63) is 66.2 Å². The van der Waals surface area contributed by atoms with Crippen molar-refractivity contribution in [2.75, 3.05) is 43.7 Å². The average Bonchev–Trinajstić information content (AvgIpc) is 2.99. The molecule has 10 nitrogen and oxygen atoms in total. The number of nitrogens with one attached hydrogen (secondary N) is 2. The summed E-state index contributed by atoms with van der Waals surface area (Å²) in [6.07, 6.45) is 6.58. The lowest BCUT2D eigenvalue weighted by atomic mass is 10.0. The number of hydrogen-bond acceptors (Lipinski definition) is 9. The van der Waals surface area contributed by atoms with E-state index in [9.17, 15) is 10.2 Å². The number of rotatable bonds is 11. The molecule has 0 atom stereocenters. The molecule has 0 saturated carbocycles. The second kappa shape index (κ2) is 14.3. The fourth-order valence-corrected chi connectivity index (χ4v) is 5.65. The molecule has 0 unspecified atom stereocenters. The summed E-state index contributed by atoms with van der Waals surface area (Å²) in [5, 5.41) is 12.6. The molecule has 3 aromatic rings. The Morgan fingerprint density at radius 1 is 1.14 bits per heavy atom. The summed E-state index contributed by atoms with van der Waals surface area (Å²) in [7, 11) is 0.623. The Hall–Kier alpha value is -3.83. The van der Waals surface area contributed by atoms with Gasteiger partial charge < -0.3 is 24.6 Å². The molecule has 0 bridgehead atoms. The van der Waals surface area contributed by atoms with Crippen molar-refractivity contribution in [1.82, 2.24) is 19.9 Å². The Morgan fingerprint density at radius 2 is 1.89 bits per heavy atom. The maximum absolute atomic E-state index is 12.6. The van der Waals surface area contributed by atoms with Gasteiger partial charge in [-0.15, -0.1) is 0 Å². The molecule has 11 heteroatoms. The largest absolute Gasteiger partial charge is 0.444 e. The second-order valence-corrected chi connectivity index (χ2v) is 19.1. The van der Waals surface area contributed by atoms with E-state index in [1.165, 1.54) is 0 Å². The minimum Gasteiger partial charge on any atom is -0.444 e. The molecule has 44 heavy (non-hydrogen) atoms. The molecule has 3 aromatic heterocycles. The zero-order valence-electron chi connectivity index (χ0n) is 27.2. The molecule has 236 valence electrons. The van der Waals surface area contributed by atoms with Crippen LogP contribution in [0.3, 0.4) is 0 Å². The summed E-state index contributed by atoms with van der Waals surface area (Å²) >= 11 is 0. The number of aromatic nitrogens is 3. The zero-order chi connectivity index (χ0) is 31.9. The minimum absolute atomic E-state index is 0.104. The second-order valence-electron chi connectivity index (χ2n) is 13.5.